The van der Waals surface area contributed by atoms with Gasteiger partial charge >= 0.3 is 0 Å². The predicted molar refractivity (Wildman–Crippen MR) is 61.6 cm³/mol. The molecule has 1 atom stereocenters. The molecule has 1 aromatic rings. The normalized spacial score (nSPS) is 24.1. The van der Waals surface area contributed by atoms with Gasteiger partial charge in [-0.05, 0) is 36.8 Å². The van der Waals surface area contributed by atoms with Gasteiger partial charge in [-0.3, -0.25) is 0 Å². The molecule has 1 fully saturated rings. The molecule has 0 heterocycles. The number of para-hydroxylation sites is 1. The van der Waals surface area contributed by atoms with Gasteiger partial charge in [0.05, 0.1) is 0 Å². The lowest BCUT2D eigenvalue weighted by molar-refractivity contribution is 0.160. The van der Waals surface area contributed by atoms with Crippen molar-refractivity contribution in [1.29, 1.82) is 0 Å². The Labute approximate surface area is 86.5 Å². The van der Waals surface area contributed by atoms with Crippen molar-refractivity contribution < 1.29 is 0 Å². The first-order chi connectivity index (χ1) is 6.59. The van der Waals surface area contributed by atoms with Crippen LogP contribution in [0.25, 0.3) is 0 Å². The highest BCUT2D eigenvalue weighted by molar-refractivity contribution is 5.51. The number of nitrogens with one attached hydrogen (secondary N) is 1. The lowest BCUT2D eigenvalue weighted by Crippen LogP contribution is -2.45. The van der Waals surface area contributed by atoms with E-state index in [2.05, 4.69) is 50.4 Å². The standard InChI is InChI=1S/C13H19N/c1-10-6-4-5-7-11(10)14-12-8-9-13(12,2)3/h4-7,12,14H,8-9H2,1-3H3. The van der Waals surface area contributed by atoms with Crippen LogP contribution in [0.1, 0.15) is 32.3 Å². The zero-order valence-electron chi connectivity index (χ0n) is 9.30. The van der Waals surface area contributed by atoms with E-state index in [1.807, 2.05) is 0 Å². The monoisotopic (exact) mass is 189 g/mol. The van der Waals surface area contributed by atoms with Crippen LogP contribution in [0.2, 0.25) is 0 Å². The molecule has 0 amide bonds. The van der Waals surface area contributed by atoms with Crippen LogP contribution in [-0.4, -0.2) is 6.04 Å². The topological polar surface area (TPSA) is 12.0 Å². The van der Waals surface area contributed by atoms with Gasteiger partial charge in [0.15, 0.2) is 0 Å². The Morgan fingerprint density at radius 1 is 1.29 bits per heavy atom. The zero-order valence-corrected chi connectivity index (χ0v) is 9.30. The van der Waals surface area contributed by atoms with Gasteiger partial charge < -0.3 is 5.32 Å². The first kappa shape index (κ1) is 9.57. The summed E-state index contributed by atoms with van der Waals surface area (Å²) < 4.78 is 0. The highest BCUT2D eigenvalue weighted by Crippen LogP contribution is 2.42. The van der Waals surface area contributed by atoms with Crippen molar-refractivity contribution in [3.8, 4) is 0 Å². The number of aryl methyl sites for hydroxylation is 1. The van der Waals surface area contributed by atoms with Crippen LogP contribution >= 0.6 is 0 Å². The van der Waals surface area contributed by atoms with Crippen LogP contribution in [0.15, 0.2) is 24.3 Å². The average Bonchev–Trinajstić information content (AvgIpc) is 2.15. The average molecular weight is 189 g/mol. The molecule has 1 aliphatic rings. The molecule has 0 aromatic heterocycles. The number of benzene rings is 1. The Morgan fingerprint density at radius 3 is 2.50 bits per heavy atom. The summed E-state index contributed by atoms with van der Waals surface area (Å²) in [6.45, 7) is 6.84. The summed E-state index contributed by atoms with van der Waals surface area (Å²) in [5.74, 6) is 0. The van der Waals surface area contributed by atoms with Crippen molar-refractivity contribution in [2.45, 2.75) is 39.7 Å². The molecule has 1 N–H and O–H groups in total. The van der Waals surface area contributed by atoms with Crippen molar-refractivity contribution in [2.24, 2.45) is 5.41 Å². The molecule has 0 radical (unpaired) electrons. The number of anilines is 1. The maximum atomic E-state index is 3.64. The second-order valence-corrected chi connectivity index (χ2v) is 5.04. The third-order valence-corrected chi connectivity index (χ3v) is 3.50. The Kier molecular flexibility index (Phi) is 2.26. The second-order valence-electron chi connectivity index (χ2n) is 5.04. The van der Waals surface area contributed by atoms with E-state index in [-0.39, 0.29) is 0 Å². The van der Waals surface area contributed by atoms with Crippen molar-refractivity contribution in [1.82, 2.24) is 0 Å². The molecule has 0 spiro atoms. The highest BCUT2D eigenvalue weighted by Gasteiger charge is 2.38. The van der Waals surface area contributed by atoms with E-state index >= 15 is 0 Å². The van der Waals surface area contributed by atoms with Gasteiger partial charge in [-0.2, -0.15) is 0 Å². The molecular weight excluding hydrogens is 170 g/mol. The van der Waals surface area contributed by atoms with Crippen molar-refractivity contribution >= 4 is 5.69 Å². The fraction of sp³-hybridized carbons (Fsp3) is 0.538. The number of hydrogen-bond acceptors (Lipinski definition) is 1. The highest BCUT2D eigenvalue weighted by atomic mass is 15.0. The maximum Gasteiger partial charge on any atom is 0.0372 e. The third-order valence-electron chi connectivity index (χ3n) is 3.50. The molecule has 14 heavy (non-hydrogen) atoms. The summed E-state index contributed by atoms with van der Waals surface area (Å²) >= 11 is 0. The van der Waals surface area contributed by atoms with E-state index in [4.69, 9.17) is 0 Å². The summed E-state index contributed by atoms with van der Waals surface area (Å²) in [5.41, 5.74) is 3.11. The second kappa shape index (κ2) is 3.30. The van der Waals surface area contributed by atoms with Crippen LogP contribution in [0.4, 0.5) is 5.69 Å². The van der Waals surface area contributed by atoms with Crippen LogP contribution in [-0.2, 0) is 0 Å². The molecule has 1 aliphatic carbocycles. The van der Waals surface area contributed by atoms with E-state index in [9.17, 15) is 0 Å². The van der Waals surface area contributed by atoms with Crippen LogP contribution in [0.3, 0.4) is 0 Å². The molecule has 2 rings (SSSR count). The summed E-state index contributed by atoms with van der Waals surface area (Å²) in [4.78, 5) is 0. The summed E-state index contributed by atoms with van der Waals surface area (Å²) in [6, 6.07) is 9.18. The quantitative estimate of drug-likeness (QED) is 0.749. The van der Waals surface area contributed by atoms with Crippen LogP contribution in [0, 0.1) is 12.3 Å². The van der Waals surface area contributed by atoms with Crippen molar-refractivity contribution in [3.63, 3.8) is 0 Å². The zero-order chi connectivity index (χ0) is 10.2. The minimum absolute atomic E-state index is 0.474. The largest absolute Gasteiger partial charge is 0.382 e. The number of rotatable bonds is 2. The fourth-order valence-corrected chi connectivity index (χ4v) is 2.06. The SMILES string of the molecule is Cc1ccccc1NC1CCC1(C)C. The van der Waals surface area contributed by atoms with E-state index in [0.29, 0.717) is 11.5 Å². The van der Waals surface area contributed by atoms with Gasteiger partial charge in [-0.25, -0.2) is 0 Å². The van der Waals surface area contributed by atoms with Gasteiger partial charge in [0.1, 0.15) is 0 Å². The predicted octanol–water partition coefficient (Wildman–Crippen LogP) is 3.60. The Bertz CT molecular complexity index is 328. The minimum atomic E-state index is 0.474. The molecule has 1 heteroatoms. The maximum absolute atomic E-state index is 3.64. The smallest absolute Gasteiger partial charge is 0.0372 e. The minimum Gasteiger partial charge on any atom is -0.382 e. The summed E-state index contributed by atoms with van der Waals surface area (Å²) in [5, 5.41) is 3.64. The van der Waals surface area contributed by atoms with Crippen molar-refractivity contribution in [3.05, 3.63) is 29.8 Å². The molecule has 0 saturated heterocycles. The lowest BCUT2D eigenvalue weighted by atomic mass is 9.67. The molecule has 76 valence electrons. The first-order valence-electron chi connectivity index (χ1n) is 5.42. The number of hydrogen-bond donors (Lipinski definition) is 1. The fourth-order valence-electron chi connectivity index (χ4n) is 2.06. The molecule has 1 nitrogen and oxygen atoms in total. The molecule has 1 aromatic carbocycles. The van der Waals surface area contributed by atoms with Gasteiger partial charge in [0.25, 0.3) is 0 Å². The molecule has 1 saturated carbocycles. The van der Waals surface area contributed by atoms with E-state index in [1.54, 1.807) is 0 Å². The lowest BCUT2D eigenvalue weighted by Gasteiger charge is -2.45. The third kappa shape index (κ3) is 1.63. The summed E-state index contributed by atoms with van der Waals surface area (Å²) in [7, 11) is 0. The van der Waals surface area contributed by atoms with Gasteiger partial charge in [-0.15, -0.1) is 0 Å². The molecular formula is C13H19N. The van der Waals surface area contributed by atoms with Crippen molar-refractivity contribution in [2.75, 3.05) is 5.32 Å². The Hall–Kier alpha value is -0.980. The van der Waals surface area contributed by atoms with E-state index in [1.165, 1.54) is 24.1 Å². The molecule has 0 bridgehead atoms. The van der Waals surface area contributed by atoms with Gasteiger partial charge in [0, 0.05) is 11.7 Å². The Morgan fingerprint density at radius 2 is 2.00 bits per heavy atom. The van der Waals surface area contributed by atoms with E-state index < -0.39 is 0 Å². The van der Waals surface area contributed by atoms with E-state index in [0.717, 1.165) is 0 Å². The van der Waals surface area contributed by atoms with Crippen LogP contribution < -0.4 is 5.32 Å². The van der Waals surface area contributed by atoms with Gasteiger partial charge in [-0.1, -0.05) is 32.0 Å². The Balaban J connectivity index is 2.08. The van der Waals surface area contributed by atoms with Gasteiger partial charge in [0.2, 0.25) is 0 Å². The molecule has 1 unspecified atom stereocenters. The van der Waals surface area contributed by atoms with Crippen LogP contribution in [0.5, 0.6) is 0 Å². The molecule has 0 aliphatic heterocycles. The summed E-state index contributed by atoms with van der Waals surface area (Å²) in [6.07, 6.45) is 2.65. The first-order valence-corrected chi connectivity index (χ1v) is 5.42.